The van der Waals surface area contributed by atoms with E-state index >= 15 is 0 Å². The molecular formula is C20H25N3O3S2. The van der Waals surface area contributed by atoms with E-state index in [9.17, 15) is 13.2 Å². The maximum absolute atomic E-state index is 12.3. The van der Waals surface area contributed by atoms with Crippen LogP contribution in [0, 0.1) is 5.92 Å². The van der Waals surface area contributed by atoms with E-state index in [1.807, 2.05) is 0 Å². The number of sulfonamides is 1. The highest BCUT2D eigenvalue weighted by Gasteiger charge is 2.27. The second-order valence-corrected chi connectivity index (χ2v) is 10.6. The first kappa shape index (κ1) is 19.5. The van der Waals surface area contributed by atoms with Gasteiger partial charge < -0.3 is 5.32 Å². The first-order valence-electron chi connectivity index (χ1n) is 9.79. The third-order valence-electron chi connectivity index (χ3n) is 5.21. The molecule has 0 saturated heterocycles. The number of thiazole rings is 1. The van der Waals surface area contributed by atoms with Gasteiger partial charge in [0.05, 0.1) is 10.6 Å². The zero-order valence-electron chi connectivity index (χ0n) is 15.9. The maximum Gasteiger partial charge on any atom is 0.240 e. The molecule has 1 fully saturated rings. The Hall–Kier alpha value is -1.77. The summed E-state index contributed by atoms with van der Waals surface area (Å²) < 4.78 is 27.0. The molecule has 6 nitrogen and oxygen atoms in total. The molecule has 0 radical (unpaired) electrons. The highest BCUT2D eigenvalue weighted by atomic mass is 32.2. The van der Waals surface area contributed by atoms with Gasteiger partial charge in [-0.2, -0.15) is 0 Å². The number of aryl methyl sites for hydroxylation is 2. The van der Waals surface area contributed by atoms with Gasteiger partial charge in [-0.3, -0.25) is 4.79 Å². The van der Waals surface area contributed by atoms with Crippen LogP contribution in [0.15, 0.2) is 29.2 Å². The lowest BCUT2D eigenvalue weighted by Gasteiger charge is -2.15. The molecule has 4 rings (SSSR count). The summed E-state index contributed by atoms with van der Waals surface area (Å²) in [6.45, 7) is 2.25. The highest BCUT2D eigenvalue weighted by Crippen LogP contribution is 2.32. The van der Waals surface area contributed by atoms with Crippen molar-refractivity contribution < 1.29 is 13.2 Å². The Morgan fingerprint density at radius 3 is 2.68 bits per heavy atom. The highest BCUT2D eigenvalue weighted by molar-refractivity contribution is 7.89. The molecule has 150 valence electrons. The van der Waals surface area contributed by atoms with Gasteiger partial charge in [0, 0.05) is 17.3 Å². The lowest BCUT2D eigenvalue weighted by molar-refractivity contribution is -0.116. The molecule has 1 heterocycles. The molecule has 0 bridgehead atoms. The second kappa shape index (κ2) is 7.93. The summed E-state index contributed by atoms with van der Waals surface area (Å²) in [6, 6.07) is 6.85. The molecule has 1 aromatic carbocycles. The zero-order valence-corrected chi connectivity index (χ0v) is 17.5. The molecule has 2 aromatic rings. The van der Waals surface area contributed by atoms with Crippen LogP contribution in [0.2, 0.25) is 0 Å². The lowest BCUT2D eigenvalue weighted by atomic mass is 9.93. The first-order valence-corrected chi connectivity index (χ1v) is 12.1. The molecule has 0 aliphatic heterocycles. The minimum atomic E-state index is -3.43. The van der Waals surface area contributed by atoms with Crippen LogP contribution < -0.4 is 10.0 Å². The third-order valence-corrected chi connectivity index (χ3v) is 7.78. The summed E-state index contributed by atoms with van der Waals surface area (Å²) in [7, 11) is -3.43. The number of carbonyl (C=O) groups is 1. The molecule has 1 atom stereocenters. The summed E-state index contributed by atoms with van der Waals surface area (Å²) >= 11 is 1.59. The summed E-state index contributed by atoms with van der Waals surface area (Å²) in [4.78, 5) is 18.4. The van der Waals surface area contributed by atoms with Crippen molar-refractivity contribution in [2.45, 2.75) is 62.8 Å². The van der Waals surface area contributed by atoms with Gasteiger partial charge in [0.1, 0.15) is 0 Å². The fraction of sp³-hybridized carbons (Fsp3) is 0.500. The van der Waals surface area contributed by atoms with Crippen molar-refractivity contribution in [1.82, 2.24) is 9.71 Å². The van der Waals surface area contributed by atoms with Gasteiger partial charge in [0.2, 0.25) is 15.9 Å². The average molecular weight is 420 g/mol. The molecular weight excluding hydrogens is 394 g/mol. The molecule has 2 N–H and O–H groups in total. The Balaban J connectivity index is 1.30. The van der Waals surface area contributed by atoms with E-state index in [2.05, 4.69) is 21.9 Å². The number of hydrogen-bond acceptors (Lipinski definition) is 5. The monoisotopic (exact) mass is 419 g/mol. The Bertz CT molecular complexity index is 963. The van der Waals surface area contributed by atoms with Crippen molar-refractivity contribution in [2.24, 2.45) is 5.92 Å². The van der Waals surface area contributed by atoms with Crippen LogP contribution in [0.1, 0.15) is 48.7 Å². The van der Waals surface area contributed by atoms with E-state index in [-0.39, 0.29) is 16.8 Å². The normalized spacial score (nSPS) is 19.2. The van der Waals surface area contributed by atoms with Crippen LogP contribution in [0.5, 0.6) is 0 Å². The van der Waals surface area contributed by atoms with Crippen LogP contribution >= 0.6 is 11.3 Å². The minimum Gasteiger partial charge on any atom is -0.302 e. The Morgan fingerprint density at radius 1 is 1.21 bits per heavy atom. The molecule has 0 spiro atoms. The number of aromatic nitrogens is 1. The quantitative estimate of drug-likeness (QED) is 0.721. The zero-order chi connectivity index (χ0) is 19.7. The minimum absolute atomic E-state index is 0.0637. The maximum atomic E-state index is 12.3. The number of benzene rings is 1. The Labute approximate surface area is 169 Å². The number of nitrogens with zero attached hydrogens (tertiary/aromatic N) is 1. The Morgan fingerprint density at radius 2 is 1.96 bits per heavy atom. The lowest BCUT2D eigenvalue weighted by Crippen LogP contribution is -2.25. The molecule has 2 aliphatic rings. The number of amides is 1. The molecule has 1 amide bonds. The van der Waals surface area contributed by atoms with E-state index in [0.29, 0.717) is 23.9 Å². The predicted molar refractivity (Wildman–Crippen MR) is 110 cm³/mol. The van der Waals surface area contributed by atoms with Crippen LogP contribution in [-0.4, -0.2) is 25.4 Å². The molecule has 1 aromatic heterocycles. The Kier molecular flexibility index (Phi) is 5.53. The van der Waals surface area contributed by atoms with Crippen molar-refractivity contribution in [1.29, 1.82) is 0 Å². The second-order valence-electron chi connectivity index (χ2n) is 7.82. The van der Waals surface area contributed by atoms with E-state index < -0.39 is 10.0 Å². The van der Waals surface area contributed by atoms with Gasteiger partial charge in [0.25, 0.3) is 0 Å². The van der Waals surface area contributed by atoms with Crippen molar-refractivity contribution in [3.63, 3.8) is 0 Å². The molecule has 0 unspecified atom stereocenters. The first-order chi connectivity index (χ1) is 13.4. The van der Waals surface area contributed by atoms with Gasteiger partial charge in [-0.15, -0.1) is 11.3 Å². The van der Waals surface area contributed by atoms with E-state index in [1.165, 1.54) is 4.88 Å². The van der Waals surface area contributed by atoms with Gasteiger partial charge in [-0.05, 0) is 62.1 Å². The number of hydrogen-bond donors (Lipinski definition) is 2. The smallest absolute Gasteiger partial charge is 0.240 e. The molecule has 8 heteroatoms. The van der Waals surface area contributed by atoms with Crippen LogP contribution in [0.4, 0.5) is 5.13 Å². The van der Waals surface area contributed by atoms with Gasteiger partial charge in [-0.25, -0.2) is 18.1 Å². The van der Waals surface area contributed by atoms with Gasteiger partial charge in [0.15, 0.2) is 5.13 Å². The SMILES string of the molecule is C[C@@H]1CCc2nc(NC(=O)CCc3ccc(S(=O)(=O)NC4CC4)cc3)sc2C1. The van der Waals surface area contributed by atoms with Crippen molar-refractivity contribution in [3.8, 4) is 0 Å². The summed E-state index contributed by atoms with van der Waals surface area (Å²) in [5.74, 6) is 0.619. The summed E-state index contributed by atoms with van der Waals surface area (Å²) in [5.41, 5.74) is 2.07. The topological polar surface area (TPSA) is 88.2 Å². The predicted octanol–water partition coefficient (Wildman–Crippen LogP) is 3.28. The van der Waals surface area contributed by atoms with Gasteiger partial charge >= 0.3 is 0 Å². The molecule has 1 saturated carbocycles. The third kappa shape index (κ3) is 4.79. The summed E-state index contributed by atoms with van der Waals surface area (Å²) in [5, 5.41) is 3.60. The average Bonchev–Trinajstić information content (AvgIpc) is 3.37. The number of nitrogens with one attached hydrogen (secondary N) is 2. The molecule has 2 aliphatic carbocycles. The number of carbonyl (C=O) groups excluding carboxylic acids is 1. The number of anilines is 1. The van der Waals surface area contributed by atoms with Crippen LogP contribution in [0.25, 0.3) is 0 Å². The van der Waals surface area contributed by atoms with Gasteiger partial charge in [-0.1, -0.05) is 19.1 Å². The largest absolute Gasteiger partial charge is 0.302 e. The van der Waals surface area contributed by atoms with Crippen molar-refractivity contribution in [3.05, 3.63) is 40.4 Å². The standard InChI is InChI=1S/C20H25N3O3S2/c1-13-2-10-17-18(12-13)27-20(21-17)22-19(24)11-5-14-3-8-16(9-4-14)28(25,26)23-15-6-7-15/h3-4,8-9,13,15,23H,2,5-7,10-12H2,1H3,(H,21,22,24)/t13-/m1/s1. The summed E-state index contributed by atoms with van der Waals surface area (Å²) in [6.07, 6.45) is 5.92. The number of rotatable bonds is 7. The fourth-order valence-electron chi connectivity index (χ4n) is 3.36. The number of fused-ring (bicyclic) bond motifs is 1. The van der Waals surface area contributed by atoms with E-state index in [0.717, 1.165) is 43.4 Å². The van der Waals surface area contributed by atoms with Crippen LogP contribution in [-0.2, 0) is 34.1 Å². The van der Waals surface area contributed by atoms with E-state index in [4.69, 9.17) is 0 Å². The molecule has 28 heavy (non-hydrogen) atoms. The fourth-order valence-corrected chi connectivity index (χ4v) is 5.85. The van der Waals surface area contributed by atoms with E-state index in [1.54, 1.807) is 35.6 Å². The van der Waals surface area contributed by atoms with Crippen molar-refractivity contribution >= 4 is 32.4 Å². The van der Waals surface area contributed by atoms with Crippen LogP contribution in [0.3, 0.4) is 0 Å². The van der Waals surface area contributed by atoms with Crippen molar-refractivity contribution in [2.75, 3.05) is 5.32 Å².